The molecule has 0 radical (unpaired) electrons. The van der Waals surface area contributed by atoms with Gasteiger partial charge in [-0.1, -0.05) is 13.0 Å². The van der Waals surface area contributed by atoms with Gasteiger partial charge in [0.15, 0.2) is 0 Å². The Morgan fingerprint density at radius 3 is 2.53 bits per heavy atom. The number of benzene rings is 1. The summed E-state index contributed by atoms with van der Waals surface area (Å²) in [6.45, 7) is 6.01. The molecule has 0 unspecified atom stereocenters. The molecule has 2 aliphatic heterocycles. The van der Waals surface area contributed by atoms with Crippen LogP contribution in [0, 0.1) is 5.92 Å². The number of aromatic nitrogens is 1. The van der Waals surface area contributed by atoms with E-state index in [1.807, 2.05) is 17.0 Å². The summed E-state index contributed by atoms with van der Waals surface area (Å²) in [5.74, 6) is 0.902. The topological polar surface area (TPSA) is 48.8 Å². The van der Waals surface area contributed by atoms with Gasteiger partial charge in [0.05, 0.1) is 0 Å². The Kier molecular flexibility index (Phi) is 5.31. The van der Waals surface area contributed by atoms with Crippen LogP contribution in [-0.2, 0) is 24.3 Å². The molecule has 32 heavy (non-hydrogen) atoms. The second kappa shape index (κ2) is 8.15. The van der Waals surface area contributed by atoms with E-state index < -0.39 is 0 Å². The van der Waals surface area contributed by atoms with E-state index in [1.165, 1.54) is 17.0 Å². The molecule has 6 nitrogen and oxygen atoms in total. The number of carbonyl (C=O) groups excluding carboxylic acids is 2. The third kappa shape index (κ3) is 3.61. The van der Waals surface area contributed by atoms with Crippen LogP contribution in [0.15, 0.2) is 42.1 Å². The van der Waals surface area contributed by atoms with Gasteiger partial charge in [0, 0.05) is 80.1 Å². The first-order valence-electron chi connectivity index (χ1n) is 11.7. The molecule has 2 aromatic rings. The maximum absolute atomic E-state index is 13.2. The van der Waals surface area contributed by atoms with E-state index in [4.69, 9.17) is 0 Å². The maximum Gasteiger partial charge on any atom is 0.253 e. The van der Waals surface area contributed by atoms with Crippen molar-refractivity contribution in [1.82, 2.24) is 19.3 Å². The summed E-state index contributed by atoms with van der Waals surface area (Å²) in [6, 6.07) is 6.06. The van der Waals surface area contributed by atoms with E-state index in [1.54, 1.807) is 19.0 Å². The number of likely N-dealkylation sites (N-methyl/N-ethyl adjacent to an activating group) is 1. The minimum absolute atomic E-state index is 0.0827. The van der Waals surface area contributed by atoms with Crippen LogP contribution < -0.4 is 0 Å². The SMILES string of the molecule is CC1CCN(C(=O)c2ccc3c(c2)c2c(n3CC(=O)N(C)C)CCN(C3=CC=C3)C2)CC1. The zero-order valence-electron chi connectivity index (χ0n) is 19.3. The molecule has 0 atom stereocenters. The molecule has 3 heterocycles. The number of fused-ring (bicyclic) bond motifs is 3. The summed E-state index contributed by atoms with van der Waals surface area (Å²) in [6.07, 6.45) is 9.40. The lowest BCUT2D eigenvalue weighted by Gasteiger charge is -2.32. The molecule has 0 saturated carbocycles. The number of rotatable bonds is 4. The molecular formula is C26H32N4O2. The Labute approximate surface area is 189 Å². The molecule has 1 fully saturated rings. The largest absolute Gasteiger partial charge is 0.367 e. The van der Waals surface area contributed by atoms with E-state index >= 15 is 0 Å². The number of hydrogen-bond donors (Lipinski definition) is 0. The second-order valence-corrected chi connectivity index (χ2v) is 9.63. The van der Waals surface area contributed by atoms with E-state index in [-0.39, 0.29) is 11.8 Å². The fraction of sp³-hybridized carbons (Fsp3) is 0.462. The Balaban J connectivity index is 1.53. The number of piperidine rings is 1. The highest BCUT2D eigenvalue weighted by atomic mass is 16.2. The molecule has 0 N–H and O–H groups in total. The zero-order valence-corrected chi connectivity index (χ0v) is 19.3. The molecule has 1 aromatic heterocycles. The van der Waals surface area contributed by atoms with Crippen molar-refractivity contribution < 1.29 is 9.59 Å². The van der Waals surface area contributed by atoms with Gasteiger partial charge in [-0.25, -0.2) is 0 Å². The highest BCUT2D eigenvalue weighted by Gasteiger charge is 2.28. The van der Waals surface area contributed by atoms with Gasteiger partial charge in [-0.05, 0) is 49.1 Å². The second-order valence-electron chi connectivity index (χ2n) is 9.63. The van der Waals surface area contributed by atoms with Crippen molar-refractivity contribution in [2.75, 3.05) is 33.7 Å². The highest BCUT2D eigenvalue weighted by Crippen LogP contribution is 2.34. The Morgan fingerprint density at radius 1 is 1.12 bits per heavy atom. The average Bonchev–Trinajstić information content (AvgIpc) is 3.05. The predicted octanol–water partition coefficient (Wildman–Crippen LogP) is 3.41. The minimum Gasteiger partial charge on any atom is -0.367 e. The van der Waals surface area contributed by atoms with Crippen LogP contribution in [0.5, 0.6) is 0 Å². The van der Waals surface area contributed by atoms with Gasteiger partial charge in [-0.15, -0.1) is 0 Å². The van der Waals surface area contributed by atoms with Gasteiger partial charge in [0.25, 0.3) is 5.91 Å². The van der Waals surface area contributed by atoms with E-state index in [0.29, 0.717) is 12.5 Å². The predicted molar refractivity (Wildman–Crippen MR) is 126 cm³/mol. The third-order valence-electron chi connectivity index (χ3n) is 7.26. The molecule has 1 aromatic carbocycles. The smallest absolute Gasteiger partial charge is 0.253 e. The van der Waals surface area contributed by atoms with Crippen molar-refractivity contribution in [2.45, 2.75) is 39.3 Å². The number of likely N-dealkylation sites (tertiary alicyclic amines) is 1. The summed E-state index contributed by atoms with van der Waals surface area (Å²) in [5, 5.41) is 1.11. The van der Waals surface area contributed by atoms with Gasteiger partial charge in [-0.3, -0.25) is 9.59 Å². The fourth-order valence-electron chi connectivity index (χ4n) is 5.05. The number of amides is 2. The van der Waals surface area contributed by atoms with Crippen molar-refractivity contribution >= 4 is 22.7 Å². The maximum atomic E-state index is 13.2. The van der Waals surface area contributed by atoms with Crippen molar-refractivity contribution in [1.29, 1.82) is 0 Å². The summed E-state index contributed by atoms with van der Waals surface area (Å²) in [7, 11) is 3.60. The first-order chi connectivity index (χ1) is 15.4. The zero-order chi connectivity index (χ0) is 22.4. The molecule has 1 saturated heterocycles. The van der Waals surface area contributed by atoms with Crippen LogP contribution in [-0.4, -0.2) is 64.8 Å². The lowest BCUT2D eigenvalue weighted by atomic mass is 9.98. The number of hydrogen-bond acceptors (Lipinski definition) is 3. The van der Waals surface area contributed by atoms with E-state index in [9.17, 15) is 9.59 Å². The summed E-state index contributed by atoms with van der Waals surface area (Å²) >= 11 is 0. The molecule has 2 amide bonds. The molecule has 0 bridgehead atoms. The van der Waals surface area contributed by atoms with Crippen molar-refractivity contribution in [3.8, 4) is 0 Å². The highest BCUT2D eigenvalue weighted by molar-refractivity contribution is 5.99. The monoisotopic (exact) mass is 432 g/mol. The van der Waals surface area contributed by atoms with Crippen molar-refractivity contribution in [2.24, 2.45) is 5.92 Å². The van der Waals surface area contributed by atoms with Crippen molar-refractivity contribution in [3.05, 3.63) is 58.9 Å². The van der Waals surface area contributed by atoms with Gasteiger partial charge >= 0.3 is 0 Å². The lowest BCUT2D eigenvalue weighted by molar-refractivity contribution is -0.129. The number of nitrogens with zero attached hydrogens (tertiary/aromatic N) is 4. The Morgan fingerprint density at radius 2 is 1.88 bits per heavy atom. The van der Waals surface area contributed by atoms with E-state index in [0.717, 1.165) is 61.9 Å². The Hall–Kier alpha value is -3.02. The van der Waals surface area contributed by atoms with Gasteiger partial charge < -0.3 is 19.3 Å². The minimum atomic E-state index is 0.0827. The standard InChI is InChI=1S/C26H32N4O2/c1-18-9-12-28(13-10-18)26(32)19-7-8-23-21(15-19)22-16-29(20-5-4-6-20)14-11-24(22)30(23)17-25(31)27(2)3/h4-8,15,18H,9-14,16-17H2,1-3H3. The first-order valence-corrected chi connectivity index (χ1v) is 11.7. The quantitative estimate of drug-likeness (QED) is 0.744. The summed E-state index contributed by atoms with van der Waals surface area (Å²) < 4.78 is 2.17. The van der Waals surface area contributed by atoms with Gasteiger partial charge in [0.2, 0.25) is 5.91 Å². The number of allylic oxidation sites excluding steroid dienone is 3. The van der Waals surface area contributed by atoms with Crippen LogP contribution >= 0.6 is 0 Å². The van der Waals surface area contributed by atoms with Crippen LogP contribution in [0.1, 0.15) is 41.4 Å². The molecule has 6 heteroatoms. The van der Waals surface area contributed by atoms with Crippen LogP contribution in [0.4, 0.5) is 0 Å². The first kappa shape index (κ1) is 20.9. The molecule has 1 aliphatic carbocycles. The number of carbonyl (C=O) groups is 2. The van der Waals surface area contributed by atoms with Crippen LogP contribution in [0.25, 0.3) is 10.9 Å². The molecule has 168 valence electrons. The average molecular weight is 433 g/mol. The van der Waals surface area contributed by atoms with Crippen molar-refractivity contribution in [3.63, 3.8) is 0 Å². The molecule has 0 spiro atoms. The normalized spacial score (nSPS) is 18.4. The molecule has 5 rings (SSSR count). The fourth-order valence-corrected chi connectivity index (χ4v) is 5.05. The van der Waals surface area contributed by atoms with Crippen LogP contribution in [0.3, 0.4) is 0 Å². The molecule has 3 aliphatic rings. The van der Waals surface area contributed by atoms with Crippen LogP contribution in [0.2, 0.25) is 0 Å². The summed E-state index contributed by atoms with van der Waals surface area (Å²) in [5.41, 5.74) is 5.54. The summed E-state index contributed by atoms with van der Waals surface area (Å²) in [4.78, 5) is 31.9. The Bertz CT molecular complexity index is 1130. The lowest BCUT2D eigenvalue weighted by Crippen LogP contribution is -2.37. The van der Waals surface area contributed by atoms with Gasteiger partial charge in [-0.2, -0.15) is 0 Å². The van der Waals surface area contributed by atoms with E-state index in [2.05, 4.69) is 40.7 Å². The van der Waals surface area contributed by atoms with Gasteiger partial charge in [0.1, 0.15) is 6.54 Å². The third-order valence-corrected chi connectivity index (χ3v) is 7.26. The molecular weight excluding hydrogens is 400 g/mol.